The molecule has 2 aromatic heterocycles. The predicted octanol–water partition coefficient (Wildman–Crippen LogP) is 2.03. The molecule has 0 amide bonds. The molecule has 1 saturated heterocycles. The highest BCUT2D eigenvalue weighted by Crippen LogP contribution is 2.20. The van der Waals surface area contributed by atoms with E-state index in [1.54, 1.807) is 19.4 Å². The molecule has 7 heteroatoms. The minimum absolute atomic E-state index is 0.329. The normalized spacial score (nSPS) is 15.0. The number of ether oxygens (including phenoxy) is 1. The maximum absolute atomic E-state index is 5.18. The summed E-state index contributed by atoms with van der Waals surface area (Å²) >= 11 is 0. The largest absolute Gasteiger partial charge is 0.481 e. The summed E-state index contributed by atoms with van der Waals surface area (Å²) in [6.07, 6.45) is 1.73. The number of methoxy groups -OCH3 is 1. The van der Waals surface area contributed by atoms with Crippen molar-refractivity contribution >= 4 is 11.8 Å². The highest BCUT2D eigenvalue weighted by Gasteiger charge is 2.21. The van der Waals surface area contributed by atoms with Gasteiger partial charge in [-0.25, -0.2) is 15.0 Å². The average molecular weight is 328 g/mol. The second-order valence-electron chi connectivity index (χ2n) is 6.25. The van der Waals surface area contributed by atoms with E-state index in [4.69, 9.17) is 9.72 Å². The molecule has 7 nitrogen and oxygen atoms in total. The Bertz CT molecular complexity index is 697. The molecule has 0 N–H and O–H groups in total. The van der Waals surface area contributed by atoms with Gasteiger partial charge in [0.25, 0.3) is 0 Å². The van der Waals surface area contributed by atoms with Crippen LogP contribution in [0.15, 0.2) is 18.3 Å². The molecule has 0 bridgehead atoms. The number of nitrogens with zero attached hydrogens (tertiary/aromatic N) is 6. The predicted molar refractivity (Wildman–Crippen MR) is 93.9 cm³/mol. The van der Waals surface area contributed by atoms with Gasteiger partial charge in [0, 0.05) is 56.1 Å². The highest BCUT2D eigenvalue weighted by molar-refractivity contribution is 5.43. The zero-order valence-corrected chi connectivity index (χ0v) is 14.7. The zero-order chi connectivity index (χ0) is 17.1. The molecular weight excluding hydrogens is 304 g/mol. The zero-order valence-electron chi connectivity index (χ0n) is 14.7. The van der Waals surface area contributed by atoms with Crippen molar-refractivity contribution in [1.82, 2.24) is 19.9 Å². The van der Waals surface area contributed by atoms with Crippen molar-refractivity contribution < 1.29 is 4.74 Å². The molecule has 24 heavy (non-hydrogen) atoms. The maximum atomic E-state index is 5.18. The summed E-state index contributed by atoms with van der Waals surface area (Å²) in [6, 6.07) is 3.82. The molecule has 2 aromatic rings. The molecule has 3 heterocycles. The van der Waals surface area contributed by atoms with Crippen LogP contribution in [-0.2, 0) is 0 Å². The van der Waals surface area contributed by atoms with E-state index in [-0.39, 0.29) is 0 Å². The minimum atomic E-state index is 0.329. The van der Waals surface area contributed by atoms with Gasteiger partial charge >= 0.3 is 0 Å². The van der Waals surface area contributed by atoms with Crippen molar-refractivity contribution in [2.24, 2.45) is 0 Å². The Labute approximate surface area is 142 Å². The summed E-state index contributed by atoms with van der Waals surface area (Å²) < 4.78 is 5.18. The number of aromatic nitrogens is 4. The lowest BCUT2D eigenvalue weighted by molar-refractivity contribution is 0.396. The number of aryl methyl sites for hydroxylation is 1. The van der Waals surface area contributed by atoms with Gasteiger partial charge in [0.1, 0.15) is 11.6 Å². The molecule has 0 atom stereocenters. The van der Waals surface area contributed by atoms with Gasteiger partial charge in [0.05, 0.1) is 7.11 Å². The van der Waals surface area contributed by atoms with Crippen LogP contribution in [0.3, 0.4) is 0 Å². The molecule has 1 aliphatic heterocycles. The van der Waals surface area contributed by atoms with Crippen LogP contribution < -0.4 is 14.5 Å². The van der Waals surface area contributed by atoms with Gasteiger partial charge in [-0.1, -0.05) is 13.8 Å². The smallest absolute Gasteiger partial charge is 0.228 e. The van der Waals surface area contributed by atoms with Crippen LogP contribution in [0.4, 0.5) is 11.8 Å². The number of anilines is 2. The van der Waals surface area contributed by atoms with Gasteiger partial charge in [0.2, 0.25) is 11.8 Å². The van der Waals surface area contributed by atoms with Gasteiger partial charge in [-0.2, -0.15) is 4.98 Å². The summed E-state index contributed by atoms with van der Waals surface area (Å²) in [5.41, 5.74) is 1.02. The van der Waals surface area contributed by atoms with E-state index in [1.807, 2.05) is 6.92 Å². The van der Waals surface area contributed by atoms with Crippen LogP contribution in [0.5, 0.6) is 5.88 Å². The maximum Gasteiger partial charge on any atom is 0.228 e. The number of hydrogen-bond donors (Lipinski definition) is 0. The van der Waals surface area contributed by atoms with Crippen molar-refractivity contribution in [3.8, 4) is 5.88 Å². The van der Waals surface area contributed by atoms with Crippen molar-refractivity contribution in [1.29, 1.82) is 0 Å². The molecule has 128 valence electrons. The van der Waals surface area contributed by atoms with Gasteiger partial charge in [-0.05, 0) is 6.92 Å². The molecule has 0 aromatic carbocycles. The van der Waals surface area contributed by atoms with Crippen molar-refractivity contribution in [2.45, 2.75) is 26.7 Å². The number of hydrogen-bond acceptors (Lipinski definition) is 7. The monoisotopic (exact) mass is 328 g/mol. The SMILES string of the molecule is COc1ccnc(N2CCN(c3cc(C)nc(C(C)C)n3)CC2)n1. The Morgan fingerprint density at radius 3 is 2.42 bits per heavy atom. The fourth-order valence-corrected chi connectivity index (χ4v) is 2.73. The van der Waals surface area contributed by atoms with Crippen LogP contribution in [0.1, 0.15) is 31.3 Å². The first-order chi connectivity index (χ1) is 11.6. The standard InChI is InChI=1S/C17H24N6O/c1-12(2)16-19-13(3)11-14(20-16)22-7-9-23(10-8-22)17-18-6-5-15(21-17)24-4/h5-6,11-12H,7-10H2,1-4H3. The molecule has 0 saturated carbocycles. The van der Waals surface area contributed by atoms with E-state index in [1.165, 1.54) is 0 Å². The summed E-state index contributed by atoms with van der Waals surface area (Å²) in [5, 5.41) is 0. The highest BCUT2D eigenvalue weighted by atomic mass is 16.5. The van der Waals surface area contributed by atoms with Gasteiger partial charge in [-0.3, -0.25) is 0 Å². The van der Waals surface area contributed by atoms with Crippen molar-refractivity contribution in [2.75, 3.05) is 43.1 Å². The van der Waals surface area contributed by atoms with Crippen LogP contribution in [0.2, 0.25) is 0 Å². The fraction of sp³-hybridized carbons (Fsp3) is 0.529. The summed E-state index contributed by atoms with van der Waals surface area (Å²) in [6.45, 7) is 9.74. The number of piperazine rings is 1. The van der Waals surface area contributed by atoms with E-state index in [0.29, 0.717) is 11.8 Å². The fourth-order valence-electron chi connectivity index (χ4n) is 2.73. The quantitative estimate of drug-likeness (QED) is 0.850. The second kappa shape index (κ2) is 6.98. The lowest BCUT2D eigenvalue weighted by Gasteiger charge is -2.35. The third-order valence-electron chi connectivity index (χ3n) is 4.09. The molecule has 1 fully saturated rings. The van der Waals surface area contributed by atoms with Crippen LogP contribution in [-0.4, -0.2) is 53.2 Å². The summed E-state index contributed by atoms with van der Waals surface area (Å²) in [5.74, 6) is 3.56. The van der Waals surface area contributed by atoms with Crippen LogP contribution >= 0.6 is 0 Å². The van der Waals surface area contributed by atoms with Gasteiger partial charge in [-0.15, -0.1) is 0 Å². The van der Waals surface area contributed by atoms with Gasteiger partial charge < -0.3 is 14.5 Å². The van der Waals surface area contributed by atoms with Gasteiger partial charge in [0.15, 0.2) is 0 Å². The van der Waals surface area contributed by atoms with E-state index in [2.05, 4.69) is 44.7 Å². The average Bonchev–Trinajstić information content (AvgIpc) is 2.61. The van der Waals surface area contributed by atoms with Crippen molar-refractivity contribution in [3.05, 3.63) is 29.8 Å². The topological polar surface area (TPSA) is 67.3 Å². The van der Waals surface area contributed by atoms with E-state index in [9.17, 15) is 0 Å². The van der Waals surface area contributed by atoms with E-state index in [0.717, 1.165) is 49.5 Å². The summed E-state index contributed by atoms with van der Waals surface area (Å²) in [4.78, 5) is 22.5. The Kier molecular flexibility index (Phi) is 4.78. The Balaban J connectivity index is 1.71. The molecule has 0 unspecified atom stereocenters. The Morgan fingerprint density at radius 1 is 1.04 bits per heavy atom. The molecule has 0 aliphatic carbocycles. The van der Waals surface area contributed by atoms with Crippen LogP contribution in [0.25, 0.3) is 0 Å². The molecule has 0 spiro atoms. The number of rotatable bonds is 4. The third kappa shape index (κ3) is 3.55. The molecular formula is C17H24N6O. The summed E-state index contributed by atoms with van der Waals surface area (Å²) in [7, 11) is 1.62. The minimum Gasteiger partial charge on any atom is -0.481 e. The Hall–Kier alpha value is -2.44. The van der Waals surface area contributed by atoms with Crippen LogP contribution in [0, 0.1) is 6.92 Å². The lowest BCUT2D eigenvalue weighted by atomic mass is 10.2. The lowest BCUT2D eigenvalue weighted by Crippen LogP contribution is -2.47. The Morgan fingerprint density at radius 2 is 1.75 bits per heavy atom. The van der Waals surface area contributed by atoms with E-state index < -0.39 is 0 Å². The molecule has 1 aliphatic rings. The third-order valence-corrected chi connectivity index (χ3v) is 4.09. The van der Waals surface area contributed by atoms with E-state index >= 15 is 0 Å². The first-order valence-corrected chi connectivity index (χ1v) is 8.29. The molecule has 3 rings (SSSR count). The first-order valence-electron chi connectivity index (χ1n) is 8.29. The second-order valence-corrected chi connectivity index (χ2v) is 6.25. The first kappa shape index (κ1) is 16.4. The molecule has 0 radical (unpaired) electrons. The van der Waals surface area contributed by atoms with Crippen molar-refractivity contribution in [3.63, 3.8) is 0 Å².